The Morgan fingerprint density at radius 3 is 2.59 bits per heavy atom. The minimum Gasteiger partial charge on any atom is -0.453 e. The van der Waals surface area contributed by atoms with Gasteiger partial charge in [0.1, 0.15) is 5.15 Å². The van der Waals surface area contributed by atoms with Gasteiger partial charge in [-0.25, -0.2) is 4.79 Å². The van der Waals surface area contributed by atoms with Gasteiger partial charge in [0.05, 0.1) is 19.3 Å². The average Bonchev–Trinajstić information content (AvgIpc) is 2.87. The molecule has 116 valence electrons. The SMILES string of the molecule is COC(=O)N1CC(c2cnn(C)c2Cl)c2ccccc2C1C. The summed E-state index contributed by atoms with van der Waals surface area (Å²) in [7, 11) is 3.21. The van der Waals surface area contributed by atoms with Crippen LogP contribution in [0.1, 0.15) is 35.6 Å². The fraction of sp³-hybridized carbons (Fsp3) is 0.375. The normalized spacial score (nSPS) is 20.6. The van der Waals surface area contributed by atoms with E-state index in [1.54, 1.807) is 22.8 Å². The summed E-state index contributed by atoms with van der Waals surface area (Å²) in [4.78, 5) is 13.8. The summed E-state index contributed by atoms with van der Waals surface area (Å²) >= 11 is 6.37. The maximum Gasteiger partial charge on any atom is 0.410 e. The molecule has 2 heterocycles. The Bertz CT molecular complexity index is 713. The molecular formula is C16H18ClN3O2. The lowest BCUT2D eigenvalue weighted by Gasteiger charge is -2.38. The third-order valence-electron chi connectivity index (χ3n) is 4.35. The van der Waals surface area contributed by atoms with Crippen LogP contribution in [-0.2, 0) is 11.8 Å². The van der Waals surface area contributed by atoms with Crippen molar-refractivity contribution in [1.29, 1.82) is 0 Å². The van der Waals surface area contributed by atoms with Crippen LogP contribution in [0.15, 0.2) is 30.5 Å². The van der Waals surface area contributed by atoms with Gasteiger partial charge in [-0.3, -0.25) is 4.68 Å². The minimum absolute atomic E-state index is 0.00676. The van der Waals surface area contributed by atoms with Gasteiger partial charge in [0.2, 0.25) is 0 Å². The van der Waals surface area contributed by atoms with Crippen LogP contribution in [0.5, 0.6) is 0 Å². The van der Waals surface area contributed by atoms with E-state index in [0.717, 1.165) is 11.1 Å². The predicted molar refractivity (Wildman–Crippen MR) is 84.0 cm³/mol. The van der Waals surface area contributed by atoms with Crippen molar-refractivity contribution in [3.63, 3.8) is 0 Å². The third-order valence-corrected chi connectivity index (χ3v) is 4.81. The Kier molecular flexibility index (Phi) is 3.83. The summed E-state index contributed by atoms with van der Waals surface area (Å²) in [6, 6.07) is 8.10. The molecule has 2 aromatic rings. The highest BCUT2D eigenvalue weighted by Crippen LogP contribution is 2.41. The lowest BCUT2D eigenvalue weighted by molar-refractivity contribution is 0.102. The second-order valence-electron chi connectivity index (χ2n) is 5.49. The van der Waals surface area contributed by atoms with Crippen molar-refractivity contribution in [2.24, 2.45) is 7.05 Å². The van der Waals surface area contributed by atoms with Crippen molar-refractivity contribution in [3.05, 3.63) is 52.3 Å². The zero-order valence-corrected chi connectivity index (χ0v) is 13.5. The van der Waals surface area contributed by atoms with Crippen LogP contribution < -0.4 is 0 Å². The summed E-state index contributed by atoms with van der Waals surface area (Å²) in [6.45, 7) is 2.53. The van der Waals surface area contributed by atoms with Gasteiger partial charge in [0.25, 0.3) is 0 Å². The molecule has 1 aliphatic heterocycles. The lowest BCUT2D eigenvalue weighted by Crippen LogP contribution is -2.41. The highest BCUT2D eigenvalue weighted by atomic mass is 35.5. The molecule has 1 amide bonds. The molecular weight excluding hydrogens is 302 g/mol. The van der Waals surface area contributed by atoms with Crippen LogP contribution in [-0.4, -0.2) is 34.4 Å². The first-order valence-electron chi connectivity index (χ1n) is 7.15. The van der Waals surface area contributed by atoms with Gasteiger partial charge >= 0.3 is 6.09 Å². The highest BCUT2D eigenvalue weighted by Gasteiger charge is 2.36. The molecule has 0 saturated heterocycles. The minimum atomic E-state index is -0.327. The summed E-state index contributed by atoms with van der Waals surface area (Å²) in [6.07, 6.45) is 1.45. The Morgan fingerprint density at radius 1 is 1.32 bits per heavy atom. The standard InChI is InChI=1S/C16H18ClN3O2/c1-10-11-6-4-5-7-12(11)14(9-20(10)16(21)22-3)13-8-18-19(2)15(13)17/h4-8,10,14H,9H2,1-3H3. The molecule has 3 rings (SSSR count). The van der Waals surface area contributed by atoms with Crippen molar-refractivity contribution in [3.8, 4) is 0 Å². The van der Waals surface area contributed by atoms with Gasteiger partial charge in [-0.1, -0.05) is 35.9 Å². The summed E-state index contributed by atoms with van der Waals surface area (Å²) < 4.78 is 6.57. The van der Waals surface area contributed by atoms with E-state index in [-0.39, 0.29) is 18.1 Å². The van der Waals surface area contributed by atoms with Crippen molar-refractivity contribution in [2.75, 3.05) is 13.7 Å². The zero-order valence-electron chi connectivity index (χ0n) is 12.8. The number of amides is 1. The maximum absolute atomic E-state index is 12.1. The number of halogens is 1. The van der Waals surface area contributed by atoms with Crippen LogP contribution in [0.3, 0.4) is 0 Å². The van der Waals surface area contributed by atoms with Crippen LogP contribution in [0.2, 0.25) is 5.15 Å². The molecule has 2 atom stereocenters. The van der Waals surface area contributed by atoms with Gasteiger partial charge in [0, 0.05) is 25.1 Å². The first-order chi connectivity index (χ1) is 10.5. The van der Waals surface area contributed by atoms with Crippen molar-refractivity contribution >= 4 is 17.7 Å². The Morgan fingerprint density at radius 2 is 2.00 bits per heavy atom. The number of carbonyl (C=O) groups is 1. The number of carbonyl (C=O) groups excluding carboxylic acids is 1. The number of rotatable bonds is 1. The number of benzene rings is 1. The van der Waals surface area contributed by atoms with E-state index in [9.17, 15) is 4.79 Å². The second-order valence-corrected chi connectivity index (χ2v) is 5.85. The Balaban J connectivity index is 2.11. The van der Waals surface area contributed by atoms with Crippen molar-refractivity contribution in [2.45, 2.75) is 18.9 Å². The van der Waals surface area contributed by atoms with Crippen LogP contribution in [0.4, 0.5) is 4.79 Å². The van der Waals surface area contributed by atoms with E-state index in [4.69, 9.17) is 16.3 Å². The fourth-order valence-electron chi connectivity index (χ4n) is 3.12. The second kappa shape index (κ2) is 5.65. The summed E-state index contributed by atoms with van der Waals surface area (Å²) in [5.74, 6) is -0.00676. The molecule has 0 fully saturated rings. The molecule has 0 bridgehead atoms. The van der Waals surface area contributed by atoms with E-state index in [1.165, 1.54) is 12.7 Å². The topological polar surface area (TPSA) is 47.4 Å². The molecule has 0 N–H and O–H groups in total. The molecule has 5 nitrogen and oxygen atoms in total. The van der Waals surface area contributed by atoms with Crippen LogP contribution in [0.25, 0.3) is 0 Å². The molecule has 1 aliphatic rings. The van der Waals surface area contributed by atoms with E-state index >= 15 is 0 Å². The number of nitrogens with zero attached hydrogens (tertiary/aromatic N) is 3. The number of methoxy groups -OCH3 is 1. The average molecular weight is 320 g/mol. The van der Waals surface area contributed by atoms with E-state index in [1.807, 2.05) is 25.1 Å². The number of aryl methyl sites for hydroxylation is 1. The number of ether oxygens (including phenoxy) is 1. The highest BCUT2D eigenvalue weighted by molar-refractivity contribution is 6.30. The number of fused-ring (bicyclic) bond motifs is 1. The van der Waals surface area contributed by atoms with Crippen LogP contribution in [0, 0.1) is 0 Å². The quantitative estimate of drug-likeness (QED) is 0.810. The lowest BCUT2D eigenvalue weighted by atomic mass is 9.83. The molecule has 0 radical (unpaired) electrons. The third kappa shape index (κ3) is 2.25. The van der Waals surface area contributed by atoms with E-state index < -0.39 is 0 Å². The first-order valence-corrected chi connectivity index (χ1v) is 7.53. The smallest absolute Gasteiger partial charge is 0.410 e. The van der Waals surface area contributed by atoms with Gasteiger partial charge in [-0.15, -0.1) is 0 Å². The molecule has 6 heteroatoms. The molecule has 22 heavy (non-hydrogen) atoms. The Labute approximate surface area is 134 Å². The molecule has 2 unspecified atom stereocenters. The van der Waals surface area contributed by atoms with Gasteiger partial charge < -0.3 is 9.64 Å². The predicted octanol–water partition coefficient (Wildman–Crippen LogP) is 3.35. The fourth-order valence-corrected chi connectivity index (χ4v) is 3.34. The molecule has 1 aromatic heterocycles. The van der Waals surface area contributed by atoms with E-state index in [2.05, 4.69) is 11.2 Å². The molecule has 0 saturated carbocycles. The molecule has 1 aromatic carbocycles. The Hall–Kier alpha value is -2.01. The number of hydrogen-bond acceptors (Lipinski definition) is 3. The summed E-state index contributed by atoms with van der Waals surface area (Å²) in [5.41, 5.74) is 3.23. The first kappa shape index (κ1) is 14.9. The molecule has 0 spiro atoms. The van der Waals surface area contributed by atoms with Crippen molar-refractivity contribution < 1.29 is 9.53 Å². The zero-order chi connectivity index (χ0) is 15.9. The summed E-state index contributed by atoms with van der Waals surface area (Å²) in [5, 5.41) is 4.82. The van der Waals surface area contributed by atoms with Crippen molar-refractivity contribution in [1.82, 2.24) is 14.7 Å². The van der Waals surface area contributed by atoms with Crippen LogP contribution >= 0.6 is 11.6 Å². The molecule has 0 aliphatic carbocycles. The number of aromatic nitrogens is 2. The monoisotopic (exact) mass is 319 g/mol. The van der Waals surface area contributed by atoms with Gasteiger partial charge in [-0.05, 0) is 18.1 Å². The van der Waals surface area contributed by atoms with E-state index in [0.29, 0.717) is 11.7 Å². The maximum atomic E-state index is 12.1. The van der Waals surface area contributed by atoms with Gasteiger partial charge in [-0.2, -0.15) is 5.10 Å². The largest absolute Gasteiger partial charge is 0.453 e. The van der Waals surface area contributed by atoms with Gasteiger partial charge in [0.15, 0.2) is 0 Å². The number of hydrogen-bond donors (Lipinski definition) is 0.